The Morgan fingerprint density at radius 2 is 2.04 bits per heavy atom. The predicted molar refractivity (Wildman–Crippen MR) is 108 cm³/mol. The number of nitrogens with zero attached hydrogens (tertiary/aromatic N) is 2. The van der Waals surface area contributed by atoms with E-state index >= 15 is 0 Å². The average Bonchev–Trinajstić information content (AvgIpc) is 3.19. The molecule has 0 fully saturated rings. The van der Waals surface area contributed by atoms with Crippen LogP contribution in [0.4, 0.5) is 5.69 Å². The molecule has 0 aliphatic carbocycles. The molecule has 28 heavy (non-hydrogen) atoms. The molecule has 0 radical (unpaired) electrons. The van der Waals surface area contributed by atoms with Gasteiger partial charge < -0.3 is 15.0 Å². The summed E-state index contributed by atoms with van der Waals surface area (Å²) >= 11 is 0. The number of H-pyrrole nitrogens is 1. The lowest BCUT2D eigenvalue weighted by atomic mass is 10.0. The first-order valence-electron chi connectivity index (χ1n) is 9.72. The Labute approximate surface area is 163 Å². The highest BCUT2D eigenvalue weighted by atomic mass is 16.5. The van der Waals surface area contributed by atoms with Crippen LogP contribution in [0.3, 0.4) is 0 Å². The molecule has 0 atom stereocenters. The predicted octanol–water partition coefficient (Wildman–Crippen LogP) is 3.15. The number of nitrogens with one attached hydrogen (secondary N) is 2. The molecule has 2 aromatic carbocycles. The molecular formula is C22H22N4O2. The Hall–Kier alpha value is -3.28. The molecule has 2 aliphatic rings. The minimum absolute atomic E-state index is 0.137. The number of para-hydroxylation sites is 2. The van der Waals surface area contributed by atoms with E-state index in [9.17, 15) is 4.79 Å². The van der Waals surface area contributed by atoms with E-state index in [0.717, 1.165) is 48.5 Å². The van der Waals surface area contributed by atoms with Crippen molar-refractivity contribution in [3.63, 3.8) is 0 Å². The largest absolute Gasteiger partial charge is 0.488 e. The van der Waals surface area contributed by atoms with E-state index in [0.29, 0.717) is 18.8 Å². The van der Waals surface area contributed by atoms with Gasteiger partial charge in [-0.2, -0.15) is 5.10 Å². The van der Waals surface area contributed by atoms with Crippen molar-refractivity contribution in [2.24, 2.45) is 0 Å². The van der Waals surface area contributed by atoms with E-state index in [1.807, 2.05) is 24.3 Å². The molecule has 0 saturated heterocycles. The Bertz CT molecular complexity index is 1030. The summed E-state index contributed by atoms with van der Waals surface area (Å²) in [7, 11) is 0. The second-order valence-electron chi connectivity index (χ2n) is 7.19. The van der Waals surface area contributed by atoms with Crippen LogP contribution in [-0.2, 0) is 13.0 Å². The molecule has 0 bridgehead atoms. The maximum Gasteiger partial charge on any atom is 0.269 e. The third-order valence-electron chi connectivity index (χ3n) is 5.48. The zero-order valence-electron chi connectivity index (χ0n) is 15.6. The lowest BCUT2D eigenvalue weighted by Crippen LogP contribution is -2.38. The molecule has 2 aliphatic heterocycles. The lowest BCUT2D eigenvalue weighted by Gasteiger charge is -2.31. The van der Waals surface area contributed by atoms with Gasteiger partial charge >= 0.3 is 0 Å². The smallest absolute Gasteiger partial charge is 0.269 e. The first-order chi connectivity index (χ1) is 13.8. The van der Waals surface area contributed by atoms with E-state index < -0.39 is 0 Å². The molecule has 0 saturated carbocycles. The van der Waals surface area contributed by atoms with Crippen molar-refractivity contribution in [3.05, 3.63) is 65.4 Å². The monoisotopic (exact) mass is 374 g/mol. The number of hydrogen-bond donors (Lipinski definition) is 2. The Kier molecular flexibility index (Phi) is 4.24. The number of rotatable bonds is 4. The highest BCUT2D eigenvalue weighted by Crippen LogP contribution is 2.36. The van der Waals surface area contributed by atoms with Gasteiger partial charge in [-0.15, -0.1) is 0 Å². The summed E-state index contributed by atoms with van der Waals surface area (Å²) in [6, 6.07) is 16.3. The number of ether oxygens (including phenoxy) is 1. The molecule has 3 heterocycles. The summed E-state index contributed by atoms with van der Waals surface area (Å²) in [6.07, 6.45) is 2.27. The third-order valence-corrected chi connectivity index (χ3v) is 5.48. The third kappa shape index (κ3) is 2.91. The standard InChI is InChI=1S/C22H22N4O2/c27-22(23-11-13-26-12-5-7-15-6-1-3-9-18(15)26)21-17-14-28-19-10-4-2-8-16(19)20(17)24-25-21/h1-4,6,8-10H,5,7,11-14H2,(H,23,27)(H,24,25). The maximum atomic E-state index is 12.7. The molecule has 1 amide bonds. The molecule has 2 N–H and O–H groups in total. The summed E-state index contributed by atoms with van der Waals surface area (Å²) < 4.78 is 5.79. The van der Waals surface area contributed by atoms with Crippen LogP contribution in [0.5, 0.6) is 5.75 Å². The van der Waals surface area contributed by atoms with Gasteiger partial charge in [-0.25, -0.2) is 0 Å². The summed E-state index contributed by atoms with van der Waals surface area (Å²) in [5, 5.41) is 10.3. The van der Waals surface area contributed by atoms with Crippen LogP contribution in [0, 0.1) is 0 Å². The van der Waals surface area contributed by atoms with Crippen LogP contribution in [0.15, 0.2) is 48.5 Å². The molecule has 0 unspecified atom stereocenters. The van der Waals surface area contributed by atoms with Crippen molar-refractivity contribution in [3.8, 4) is 17.0 Å². The lowest BCUT2D eigenvalue weighted by molar-refractivity contribution is 0.0947. The molecule has 6 heteroatoms. The number of aromatic nitrogens is 2. The summed E-state index contributed by atoms with van der Waals surface area (Å²) in [5.74, 6) is 0.666. The van der Waals surface area contributed by atoms with Crippen LogP contribution in [0.2, 0.25) is 0 Å². The zero-order valence-corrected chi connectivity index (χ0v) is 15.6. The van der Waals surface area contributed by atoms with Gasteiger partial charge in [-0.1, -0.05) is 30.3 Å². The highest BCUT2D eigenvalue weighted by Gasteiger charge is 2.26. The molecule has 5 rings (SSSR count). The van der Waals surface area contributed by atoms with E-state index in [-0.39, 0.29) is 5.91 Å². The number of aromatic amines is 1. The van der Waals surface area contributed by atoms with Gasteiger partial charge in [0.2, 0.25) is 0 Å². The van der Waals surface area contributed by atoms with Crippen molar-refractivity contribution < 1.29 is 9.53 Å². The number of hydrogen-bond acceptors (Lipinski definition) is 4. The Balaban J connectivity index is 1.27. The van der Waals surface area contributed by atoms with E-state index in [4.69, 9.17) is 4.74 Å². The van der Waals surface area contributed by atoms with Gasteiger partial charge in [0.25, 0.3) is 5.91 Å². The quantitative estimate of drug-likeness (QED) is 0.736. The number of carbonyl (C=O) groups is 1. The van der Waals surface area contributed by atoms with Crippen LogP contribution in [-0.4, -0.2) is 35.7 Å². The van der Waals surface area contributed by atoms with Gasteiger partial charge in [0.15, 0.2) is 0 Å². The number of amides is 1. The first kappa shape index (κ1) is 16.9. The number of anilines is 1. The molecule has 3 aromatic rings. The fraction of sp³-hybridized carbons (Fsp3) is 0.273. The van der Waals surface area contributed by atoms with Gasteiger partial charge in [0.1, 0.15) is 23.7 Å². The van der Waals surface area contributed by atoms with Crippen LogP contribution < -0.4 is 15.0 Å². The second-order valence-corrected chi connectivity index (χ2v) is 7.19. The van der Waals surface area contributed by atoms with E-state index in [1.165, 1.54) is 11.3 Å². The number of benzene rings is 2. The normalized spacial score (nSPS) is 14.5. The number of carbonyl (C=O) groups excluding carboxylic acids is 1. The van der Waals surface area contributed by atoms with E-state index in [1.54, 1.807) is 0 Å². The van der Waals surface area contributed by atoms with Crippen molar-refractivity contribution >= 4 is 11.6 Å². The van der Waals surface area contributed by atoms with Crippen molar-refractivity contribution in [1.82, 2.24) is 15.5 Å². The molecule has 1 aromatic heterocycles. The minimum atomic E-state index is -0.137. The number of aryl methyl sites for hydroxylation is 1. The molecule has 0 spiro atoms. The van der Waals surface area contributed by atoms with Crippen LogP contribution >= 0.6 is 0 Å². The average molecular weight is 374 g/mol. The van der Waals surface area contributed by atoms with E-state index in [2.05, 4.69) is 44.7 Å². The van der Waals surface area contributed by atoms with Crippen LogP contribution in [0.1, 0.15) is 28.0 Å². The van der Waals surface area contributed by atoms with Gasteiger partial charge in [-0.05, 0) is 36.6 Å². The summed E-state index contributed by atoms with van der Waals surface area (Å²) in [4.78, 5) is 15.1. The van der Waals surface area contributed by atoms with Gasteiger partial charge in [0, 0.05) is 36.4 Å². The second kappa shape index (κ2) is 7.03. The van der Waals surface area contributed by atoms with Gasteiger partial charge in [0.05, 0.1) is 0 Å². The first-order valence-corrected chi connectivity index (χ1v) is 9.72. The van der Waals surface area contributed by atoms with Crippen molar-refractivity contribution in [1.29, 1.82) is 0 Å². The molecule has 6 nitrogen and oxygen atoms in total. The fourth-order valence-corrected chi connectivity index (χ4v) is 4.09. The Morgan fingerprint density at radius 1 is 1.18 bits per heavy atom. The number of fused-ring (bicyclic) bond motifs is 4. The van der Waals surface area contributed by atoms with Crippen molar-refractivity contribution in [2.45, 2.75) is 19.4 Å². The SMILES string of the molecule is O=C(NCCN1CCCc2ccccc21)c1[nH]nc2c1COc1ccccc1-2. The zero-order chi connectivity index (χ0) is 18.9. The minimum Gasteiger partial charge on any atom is -0.488 e. The van der Waals surface area contributed by atoms with Crippen LogP contribution in [0.25, 0.3) is 11.3 Å². The summed E-state index contributed by atoms with van der Waals surface area (Å²) in [6.45, 7) is 2.75. The fourth-order valence-electron chi connectivity index (χ4n) is 4.09. The maximum absolute atomic E-state index is 12.7. The topological polar surface area (TPSA) is 70.2 Å². The highest BCUT2D eigenvalue weighted by molar-refractivity contribution is 5.96. The Morgan fingerprint density at radius 3 is 3.00 bits per heavy atom. The van der Waals surface area contributed by atoms with Gasteiger partial charge in [-0.3, -0.25) is 9.89 Å². The van der Waals surface area contributed by atoms with Crippen molar-refractivity contribution in [2.75, 3.05) is 24.5 Å². The summed E-state index contributed by atoms with van der Waals surface area (Å²) in [5.41, 5.74) is 5.70. The molecular weight excluding hydrogens is 352 g/mol. The molecule has 142 valence electrons.